The van der Waals surface area contributed by atoms with Crippen molar-refractivity contribution in [3.8, 4) is 5.75 Å². The van der Waals surface area contributed by atoms with Crippen LogP contribution in [-0.4, -0.2) is 24.2 Å². The van der Waals surface area contributed by atoms with Gasteiger partial charge in [0, 0.05) is 12.7 Å². The van der Waals surface area contributed by atoms with Gasteiger partial charge in [-0.25, -0.2) is 4.79 Å². The predicted molar refractivity (Wildman–Crippen MR) is 74.3 cm³/mol. The van der Waals surface area contributed by atoms with Crippen LogP contribution in [0.25, 0.3) is 0 Å². The van der Waals surface area contributed by atoms with Gasteiger partial charge in [-0.2, -0.15) is 0 Å². The number of para-hydroxylation sites is 1. The van der Waals surface area contributed by atoms with E-state index in [4.69, 9.17) is 15.2 Å². The summed E-state index contributed by atoms with van der Waals surface area (Å²) in [6, 6.07) is 12.6. The second-order valence-electron chi connectivity index (χ2n) is 4.04. The minimum absolute atomic E-state index is 0.189. The molecule has 0 fully saturated rings. The minimum atomic E-state index is -0.404. The fourth-order valence-electron chi connectivity index (χ4n) is 1.61. The van der Waals surface area contributed by atoms with E-state index in [9.17, 15) is 4.79 Å². The van der Waals surface area contributed by atoms with Crippen LogP contribution in [0.1, 0.15) is 16.1 Å². The normalized spacial score (nSPS) is 10.1. The fraction of sp³-hybridized carbons (Fsp3) is 0.200. The van der Waals surface area contributed by atoms with Crippen LogP contribution in [0.3, 0.4) is 0 Å². The number of benzene rings is 1. The first-order chi connectivity index (χ1) is 9.79. The molecule has 0 aliphatic heterocycles. The Kier molecular flexibility index (Phi) is 5.08. The van der Waals surface area contributed by atoms with E-state index in [2.05, 4.69) is 4.98 Å². The van der Waals surface area contributed by atoms with Crippen LogP contribution in [0.5, 0.6) is 5.75 Å². The van der Waals surface area contributed by atoms with Crippen molar-refractivity contribution in [2.24, 2.45) is 5.73 Å². The lowest BCUT2D eigenvalue weighted by atomic mass is 10.2. The lowest BCUT2D eigenvalue weighted by Gasteiger charge is -2.07. The maximum atomic E-state index is 11.8. The third-order valence-corrected chi connectivity index (χ3v) is 2.59. The van der Waals surface area contributed by atoms with E-state index >= 15 is 0 Å². The lowest BCUT2D eigenvalue weighted by Crippen LogP contribution is -2.13. The van der Waals surface area contributed by atoms with Gasteiger partial charge in [0.15, 0.2) is 0 Å². The highest BCUT2D eigenvalue weighted by atomic mass is 16.6. The van der Waals surface area contributed by atoms with Crippen LogP contribution in [0.2, 0.25) is 0 Å². The van der Waals surface area contributed by atoms with Crippen LogP contribution in [-0.2, 0) is 11.3 Å². The molecule has 1 aromatic heterocycles. The van der Waals surface area contributed by atoms with Crippen LogP contribution < -0.4 is 10.5 Å². The highest BCUT2D eigenvalue weighted by molar-refractivity contribution is 5.89. The number of pyridine rings is 1. The van der Waals surface area contributed by atoms with Crippen LogP contribution in [0.4, 0.5) is 0 Å². The Balaban J connectivity index is 1.77. The molecule has 1 heterocycles. The second kappa shape index (κ2) is 7.25. The molecule has 0 spiro atoms. The molecule has 0 saturated heterocycles. The summed E-state index contributed by atoms with van der Waals surface area (Å²) in [5.74, 6) is 0.344. The third-order valence-electron chi connectivity index (χ3n) is 2.59. The van der Waals surface area contributed by atoms with Gasteiger partial charge in [0.25, 0.3) is 0 Å². The zero-order chi connectivity index (χ0) is 14.2. The summed E-state index contributed by atoms with van der Waals surface area (Å²) < 4.78 is 10.5. The quantitative estimate of drug-likeness (QED) is 0.641. The van der Waals surface area contributed by atoms with Crippen molar-refractivity contribution in [1.29, 1.82) is 0 Å². The number of rotatable bonds is 6. The number of nitrogens with two attached hydrogens (primary N) is 1. The van der Waals surface area contributed by atoms with E-state index in [1.165, 1.54) is 0 Å². The molecular formula is C15H16N2O3. The topological polar surface area (TPSA) is 74.4 Å². The second-order valence-corrected chi connectivity index (χ2v) is 4.04. The van der Waals surface area contributed by atoms with Gasteiger partial charge in [0.1, 0.15) is 19.0 Å². The smallest absolute Gasteiger partial charge is 0.338 e. The SMILES string of the molecule is NCc1cc(C(=O)OCCOc2ccccc2)ccn1. The van der Waals surface area contributed by atoms with Crippen LogP contribution >= 0.6 is 0 Å². The van der Waals surface area contributed by atoms with Gasteiger partial charge in [-0.3, -0.25) is 4.98 Å². The van der Waals surface area contributed by atoms with E-state index in [-0.39, 0.29) is 13.2 Å². The molecule has 5 nitrogen and oxygen atoms in total. The molecule has 0 bridgehead atoms. The number of esters is 1. The van der Waals surface area contributed by atoms with Gasteiger partial charge in [-0.1, -0.05) is 18.2 Å². The van der Waals surface area contributed by atoms with Crippen molar-refractivity contribution < 1.29 is 14.3 Å². The number of carbonyl (C=O) groups is 1. The number of hydrogen-bond acceptors (Lipinski definition) is 5. The Morgan fingerprint density at radius 2 is 1.95 bits per heavy atom. The number of ether oxygens (including phenoxy) is 2. The van der Waals surface area contributed by atoms with Gasteiger partial charge in [0.2, 0.25) is 0 Å². The molecule has 0 unspecified atom stereocenters. The van der Waals surface area contributed by atoms with Gasteiger partial charge in [-0.05, 0) is 24.3 Å². The lowest BCUT2D eigenvalue weighted by molar-refractivity contribution is 0.0450. The van der Waals surface area contributed by atoms with Crippen molar-refractivity contribution in [3.63, 3.8) is 0 Å². The van der Waals surface area contributed by atoms with E-state index in [1.807, 2.05) is 30.3 Å². The minimum Gasteiger partial charge on any atom is -0.490 e. The largest absolute Gasteiger partial charge is 0.490 e. The molecule has 0 aliphatic rings. The number of carbonyl (C=O) groups excluding carboxylic acids is 1. The van der Waals surface area contributed by atoms with E-state index in [0.29, 0.717) is 17.9 Å². The summed E-state index contributed by atoms with van der Waals surface area (Å²) in [4.78, 5) is 15.8. The molecular weight excluding hydrogens is 256 g/mol. The molecule has 104 valence electrons. The Bertz CT molecular complexity index is 558. The van der Waals surface area contributed by atoms with Crippen molar-refractivity contribution in [1.82, 2.24) is 4.98 Å². The summed E-state index contributed by atoms with van der Waals surface area (Å²) in [6.07, 6.45) is 1.54. The molecule has 2 N–H and O–H groups in total. The molecule has 0 amide bonds. The van der Waals surface area contributed by atoms with E-state index in [1.54, 1.807) is 18.3 Å². The molecule has 0 saturated carbocycles. The van der Waals surface area contributed by atoms with Gasteiger partial charge in [-0.15, -0.1) is 0 Å². The molecule has 20 heavy (non-hydrogen) atoms. The van der Waals surface area contributed by atoms with Crippen molar-refractivity contribution in [3.05, 3.63) is 59.9 Å². The van der Waals surface area contributed by atoms with Crippen molar-refractivity contribution in [2.45, 2.75) is 6.54 Å². The standard InChI is InChI=1S/C15H16N2O3/c16-11-13-10-12(6-7-17-13)15(18)20-9-8-19-14-4-2-1-3-5-14/h1-7,10H,8-9,11,16H2. The van der Waals surface area contributed by atoms with Crippen LogP contribution in [0, 0.1) is 0 Å². The maximum Gasteiger partial charge on any atom is 0.338 e. The first-order valence-electron chi connectivity index (χ1n) is 6.29. The zero-order valence-electron chi connectivity index (χ0n) is 11.0. The third kappa shape index (κ3) is 4.07. The summed E-state index contributed by atoms with van der Waals surface area (Å²) in [5.41, 5.74) is 6.57. The van der Waals surface area contributed by atoms with Crippen LogP contribution in [0.15, 0.2) is 48.7 Å². The van der Waals surface area contributed by atoms with Crippen molar-refractivity contribution in [2.75, 3.05) is 13.2 Å². The van der Waals surface area contributed by atoms with Crippen molar-refractivity contribution >= 4 is 5.97 Å². The maximum absolute atomic E-state index is 11.8. The van der Waals surface area contributed by atoms with E-state index in [0.717, 1.165) is 5.75 Å². The molecule has 0 aliphatic carbocycles. The number of aromatic nitrogens is 1. The molecule has 5 heteroatoms. The van der Waals surface area contributed by atoms with Gasteiger partial charge < -0.3 is 15.2 Å². The first kappa shape index (κ1) is 14.0. The molecule has 2 rings (SSSR count). The fourth-order valence-corrected chi connectivity index (χ4v) is 1.61. The average molecular weight is 272 g/mol. The first-order valence-corrected chi connectivity index (χ1v) is 6.29. The van der Waals surface area contributed by atoms with Gasteiger partial charge in [0.05, 0.1) is 11.3 Å². The predicted octanol–water partition coefficient (Wildman–Crippen LogP) is 1.78. The van der Waals surface area contributed by atoms with E-state index < -0.39 is 5.97 Å². The Hall–Kier alpha value is -2.40. The van der Waals surface area contributed by atoms with Gasteiger partial charge >= 0.3 is 5.97 Å². The molecule has 0 atom stereocenters. The Morgan fingerprint density at radius 1 is 1.15 bits per heavy atom. The highest BCUT2D eigenvalue weighted by Gasteiger charge is 2.07. The summed E-state index contributed by atoms with van der Waals surface area (Å²) in [6.45, 7) is 0.789. The number of nitrogens with zero attached hydrogens (tertiary/aromatic N) is 1. The summed E-state index contributed by atoms with van der Waals surface area (Å²) in [5, 5.41) is 0. The monoisotopic (exact) mass is 272 g/mol. The summed E-state index contributed by atoms with van der Waals surface area (Å²) in [7, 11) is 0. The highest BCUT2D eigenvalue weighted by Crippen LogP contribution is 2.08. The zero-order valence-corrected chi connectivity index (χ0v) is 11.0. The Morgan fingerprint density at radius 3 is 2.70 bits per heavy atom. The molecule has 2 aromatic rings. The Labute approximate surface area is 117 Å². The molecule has 0 radical (unpaired) electrons. The molecule has 1 aromatic carbocycles. The average Bonchev–Trinajstić information content (AvgIpc) is 2.52. The number of hydrogen-bond donors (Lipinski definition) is 1. The summed E-state index contributed by atoms with van der Waals surface area (Å²) >= 11 is 0.